The van der Waals surface area contributed by atoms with Gasteiger partial charge >= 0.3 is 5.97 Å². The number of benzene rings is 1. The Labute approximate surface area is 103 Å². The Morgan fingerprint density at radius 2 is 2.12 bits per heavy atom. The van der Waals surface area contributed by atoms with Crippen LogP contribution in [0.25, 0.3) is 10.9 Å². The Morgan fingerprint density at radius 1 is 1.35 bits per heavy atom. The van der Waals surface area contributed by atoms with E-state index in [0.717, 1.165) is 29.3 Å². The van der Waals surface area contributed by atoms with E-state index >= 15 is 0 Å². The number of alkyl halides is 1. The van der Waals surface area contributed by atoms with Crippen molar-refractivity contribution in [1.29, 1.82) is 0 Å². The maximum atomic E-state index is 10.8. The van der Waals surface area contributed by atoms with Crippen LogP contribution in [0.15, 0.2) is 30.5 Å². The lowest BCUT2D eigenvalue weighted by Gasteiger charge is -2.07. The monoisotopic (exact) mass is 247 g/mol. The molecule has 17 heavy (non-hydrogen) atoms. The summed E-state index contributed by atoms with van der Waals surface area (Å²) in [7, 11) is 0. The van der Waals surface area contributed by atoms with Crippen molar-refractivity contribution in [2.45, 2.75) is 17.7 Å². The highest BCUT2D eigenvalue weighted by molar-refractivity contribution is 6.26. The summed E-state index contributed by atoms with van der Waals surface area (Å²) in [4.78, 5) is 14.8. The number of carboxylic acid groups (broad SMARTS) is 1. The largest absolute Gasteiger partial charge is 0.478 e. The van der Waals surface area contributed by atoms with Crippen molar-refractivity contribution < 1.29 is 9.90 Å². The minimum Gasteiger partial charge on any atom is -0.478 e. The van der Waals surface area contributed by atoms with E-state index in [-0.39, 0.29) is 10.4 Å². The summed E-state index contributed by atoms with van der Waals surface area (Å²) in [6.07, 6.45) is 3.36. The van der Waals surface area contributed by atoms with Gasteiger partial charge in [0.1, 0.15) is 0 Å². The molecule has 0 aliphatic heterocycles. The standard InChI is InChI=1S/C13H10ClNO2/c14-13(3-4-13)10-2-1-8-5-9(12(16)17)7-15-11(8)6-10/h1-2,5-7H,3-4H2,(H,16,17). The molecule has 1 heterocycles. The summed E-state index contributed by atoms with van der Waals surface area (Å²) in [5, 5.41) is 9.71. The predicted octanol–water partition coefficient (Wildman–Crippen LogP) is 3.16. The second kappa shape index (κ2) is 3.44. The fourth-order valence-electron chi connectivity index (χ4n) is 1.92. The Morgan fingerprint density at radius 3 is 2.76 bits per heavy atom. The van der Waals surface area contributed by atoms with Crippen molar-refractivity contribution in [3.63, 3.8) is 0 Å². The molecule has 0 amide bonds. The molecule has 0 atom stereocenters. The zero-order valence-electron chi connectivity index (χ0n) is 8.98. The molecule has 1 aromatic heterocycles. The number of carboxylic acids is 1. The fourth-order valence-corrected chi connectivity index (χ4v) is 2.13. The van der Waals surface area contributed by atoms with E-state index in [2.05, 4.69) is 4.98 Å². The van der Waals surface area contributed by atoms with Crippen LogP contribution in [0.2, 0.25) is 0 Å². The molecule has 0 bridgehead atoms. The van der Waals surface area contributed by atoms with E-state index in [0.29, 0.717) is 0 Å². The Balaban J connectivity index is 2.12. The van der Waals surface area contributed by atoms with Crippen LogP contribution in [0.3, 0.4) is 0 Å². The van der Waals surface area contributed by atoms with E-state index in [4.69, 9.17) is 16.7 Å². The smallest absolute Gasteiger partial charge is 0.337 e. The molecule has 3 rings (SSSR count). The number of rotatable bonds is 2. The molecule has 1 aromatic carbocycles. The van der Waals surface area contributed by atoms with Crippen molar-refractivity contribution in [3.8, 4) is 0 Å². The SMILES string of the molecule is O=C(O)c1cnc2cc(C3(Cl)CC3)ccc2c1. The first-order valence-corrected chi connectivity index (χ1v) is 5.79. The van der Waals surface area contributed by atoms with E-state index in [9.17, 15) is 4.79 Å². The Hall–Kier alpha value is -1.61. The van der Waals surface area contributed by atoms with E-state index in [1.54, 1.807) is 6.07 Å². The van der Waals surface area contributed by atoms with Gasteiger partial charge in [0.2, 0.25) is 0 Å². The molecule has 1 aliphatic rings. The Bertz CT molecular complexity index is 620. The number of halogens is 1. The molecule has 1 N–H and O–H groups in total. The topological polar surface area (TPSA) is 50.2 Å². The van der Waals surface area contributed by atoms with Gasteiger partial charge in [-0.05, 0) is 30.5 Å². The number of hydrogen-bond acceptors (Lipinski definition) is 2. The molecule has 0 saturated heterocycles. The van der Waals surface area contributed by atoms with Crippen molar-refractivity contribution in [2.24, 2.45) is 0 Å². The van der Waals surface area contributed by atoms with Gasteiger partial charge < -0.3 is 5.11 Å². The summed E-state index contributed by atoms with van der Waals surface area (Å²) in [6, 6.07) is 7.41. The van der Waals surface area contributed by atoms with Crippen LogP contribution in [0, 0.1) is 0 Å². The molecular formula is C13H10ClNO2. The summed E-state index contributed by atoms with van der Waals surface area (Å²) in [6.45, 7) is 0. The molecule has 1 fully saturated rings. The van der Waals surface area contributed by atoms with Crippen molar-refractivity contribution in [3.05, 3.63) is 41.6 Å². The zero-order valence-corrected chi connectivity index (χ0v) is 9.74. The highest BCUT2D eigenvalue weighted by Crippen LogP contribution is 2.52. The van der Waals surface area contributed by atoms with Crippen molar-refractivity contribution in [1.82, 2.24) is 4.98 Å². The molecule has 4 heteroatoms. The zero-order chi connectivity index (χ0) is 12.0. The van der Waals surface area contributed by atoms with Crippen molar-refractivity contribution in [2.75, 3.05) is 0 Å². The van der Waals surface area contributed by atoms with Crippen LogP contribution in [0.4, 0.5) is 0 Å². The molecule has 0 spiro atoms. The average molecular weight is 248 g/mol. The summed E-state index contributed by atoms with van der Waals surface area (Å²) in [5.74, 6) is -0.959. The summed E-state index contributed by atoms with van der Waals surface area (Å²) in [5.41, 5.74) is 2.07. The number of nitrogens with zero attached hydrogens (tertiary/aromatic N) is 1. The number of fused-ring (bicyclic) bond motifs is 1. The lowest BCUT2D eigenvalue weighted by molar-refractivity contribution is 0.0696. The van der Waals surface area contributed by atoms with Crippen LogP contribution in [0.1, 0.15) is 28.8 Å². The second-order valence-corrected chi connectivity index (χ2v) is 5.13. The first-order valence-electron chi connectivity index (χ1n) is 5.41. The molecule has 3 nitrogen and oxygen atoms in total. The van der Waals surface area contributed by atoms with Gasteiger partial charge in [-0.1, -0.05) is 12.1 Å². The molecular weight excluding hydrogens is 238 g/mol. The summed E-state index contributed by atoms with van der Waals surface area (Å²) >= 11 is 6.33. The van der Waals surface area contributed by atoms with Gasteiger partial charge in [-0.3, -0.25) is 4.98 Å². The van der Waals surface area contributed by atoms with Crippen molar-refractivity contribution >= 4 is 28.5 Å². The number of carbonyl (C=O) groups is 1. The minimum absolute atomic E-state index is 0.206. The highest BCUT2D eigenvalue weighted by Gasteiger charge is 2.42. The first-order chi connectivity index (χ1) is 8.08. The van der Waals surface area contributed by atoms with Crippen LogP contribution >= 0.6 is 11.6 Å². The number of hydrogen-bond donors (Lipinski definition) is 1. The third-order valence-electron chi connectivity index (χ3n) is 3.14. The van der Waals surface area contributed by atoms with Gasteiger partial charge in [0.05, 0.1) is 16.0 Å². The van der Waals surface area contributed by atoms with Gasteiger partial charge in [-0.15, -0.1) is 11.6 Å². The van der Waals surface area contributed by atoms with Crippen LogP contribution < -0.4 is 0 Å². The van der Waals surface area contributed by atoms with Crippen LogP contribution in [-0.2, 0) is 4.87 Å². The van der Waals surface area contributed by atoms with Gasteiger partial charge in [-0.25, -0.2) is 4.79 Å². The molecule has 1 aliphatic carbocycles. The van der Waals surface area contributed by atoms with Gasteiger partial charge in [0.15, 0.2) is 0 Å². The number of pyridine rings is 1. The molecule has 0 radical (unpaired) electrons. The highest BCUT2D eigenvalue weighted by atomic mass is 35.5. The third kappa shape index (κ3) is 1.76. The molecule has 2 aromatic rings. The van der Waals surface area contributed by atoms with E-state index < -0.39 is 5.97 Å². The predicted molar refractivity (Wildman–Crippen MR) is 65.5 cm³/mol. The van der Waals surface area contributed by atoms with Crippen LogP contribution in [0.5, 0.6) is 0 Å². The van der Waals surface area contributed by atoms with Gasteiger partial charge in [0, 0.05) is 11.6 Å². The maximum absolute atomic E-state index is 10.8. The maximum Gasteiger partial charge on any atom is 0.337 e. The lowest BCUT2D eigenvalue weighted by Crippen LogP contribution is -1.99. The Kier molecular flexibility index (Phi) is 2.13. The summed E-state index contributed by atoms with van der Waals surface area (Å²) < 4.78 is 0. The minimum atomic E-state index is -0.959. The quantitative estimate of drug-likeness (QED) is 0.830. The first kappa shape index (κ1) is 10.5. The number of aromatic nitrogens is 1. The fraction of sp³-hybridized carbons (Fsp3) is 0.231. The van der Waals surface area contributed by atoms with E-state index in [1.165, 1.54) is 6.20 Å². The van der Waals surface area contributed by atoms with Crippen LogP contribution in [-0.4, -0.2) is 16.1 Å². The third-order valence-corrected chi connectivity index (χ3v) is 3.73. The average Bonchev–Trinajstić information content (AvgIpc) is 3.07. The van der Waals surface area contributed by atoms with Gasteiger partial charge in [0.25, 0.3) is 0 Å². The van der Waals surface area contributed by atoms with Gasteiger partial charge in [-0.2, -0.15) is 0 Å². The molecule has 1 saturated carbocycles. The normalized spacial score (nSPS) is 17.0. The molecule has 0 unspecified atom stereocenters. The van der Waals surface area contributed by atoms with E-state index in [1.807, 2.05) is 18.2 Å². The number of aromatic carboxylic acids is 1. The molecule has 86 valence electrons. The second-order valence-electron chi connectivity index (χ2n) is 4.40. The lowest BCUT2D eigenvalue weighted by atomic mass is 10.1.